The molecule has 0 aromatic carbocycles. The van der Waals surface area contributed by atoms with Crippen LogP contribution in [-0.2, 0) is 11.3 Å². The van der Waals surface area contributed by atoms with Crippen LogP contribution in [-0.4, -0.2) is 39.2 Å². The minimum atomic E-state index is -0.987. The number of aromatic nitrogens is 2. The Bertz CT molecular complexity index is 420. The molecule has 1 heterocycles. The van der Waals surface area contributed by atoms with E-state index in [-0.39, 0.29) is 0 Å². The summed E-state index contributed by atoms with van der Waals surface area (Å²) in [6.07, 6.45) is 9.28. The maximum Gasteiger partial charge on any atom is 0.326 e. The number of hydrogen-bond donors (Lipinski definition) is 3. The highest BCUT2D eigenvalue weighted by Gasteiger charge is 2.18. The van der Waals surface area contributed by atoms with Gasteiger partial charge in [-0.2, -0.15) is 0 Å². The van der Waals surface area contributed by atoms with Crippen molar-refractivity contribution in [3.63, 3.8) is 0 Å². The van der Waals surface area contributed by atoms with Gasteiger partial charge in [-0.25, -0.2) is 14.6 Å². The number of unbranched alkanes of at least 4 members (excludes halogenated alkanes) is 2. The predicted octanol–water partition coefficient (Wildman–Crippen LogP) is 1.61. The maximum absolute atomic E-state index is 11.6. The third-order valence-corrected chi connectivity index (χ3v) is 3.14. The van der Waals surface area contributed by atoms with E-state index in [0.717, 1.165) is 32.2 Å². The molecule has 118 valence electrons. The Hall–Kier alpha value is -2.05. The van der Waals surface area contributed by atoms with E-state index in [2.05, 4.69) is 15.6 Å². The van der Waals surface area contributed by atoms with Gasteiger partial charge in [-0.15, -0.1) is 0 Å². The van der Waals surface area contributed by atoms with Crippen molar-refractivity contribution in [3.05, 3.63) is 18.7 Å². The van der Waals surface area contributed by atoms with Crippen LogP contribution in [0.3, 0.4) is 0 Å². The Balaban J connectivity index is 2.12. The summed E-state index contributed by atoms with van der Waals surface area (Å²) in [7, 11) is 0. The molecule has 0 fully saturated rings. The Morgan fingerprint density at radius 3 is 2.76 bits per heavy atom. The van der Waals surface area contributed by atoms with Crippen molar-refractivity contribution < 1.29 is 14.7 Å². The van der Waals surface area contributed by atoms with Crippen LogP contribution in [0.25, 0.3) is 0 Å². The second-order valence-corrected chi connectivity index (χ2v) is 4.94. The lowest BCUT2D eigenvalue weighted by Crippen LogP contribution is -2.46. The molecule has 1 aromatic rings. The Labute approximate surface area is 124 Å². The number of amides is 2. The maximum atomic E-state index is 11.6. The number of nitrogens with zero attached hydrogens (tertiary/aromatic N) is 2. The number of imidazole rings is 1. The number of hydrogen-bond acceptors (Lipinski definition) is 3. The predicted molar refractivity (Wildman–Crippen MR) is 78.9 cm³/mol. The fourth-order valence-electron chi connectivity index (χ4n) is 1.92. The van der Waals surface area contributed by atoms with Crippen LogP contribution in [0.15, 0.2) is 18.7 Å². The first-order chi connectivity index (χ1) is 10.1. The van der Waals surface area contributed by atoms with Crippen molar-refractivity contribution in [2.45, 2.75) is 51.6 Å². The largest absolute Gasteiger partial charge is 0.480 e. The van der Waals surface area contributed by atoms with Gasteiger partial charge in [0.1, 0.15) is 6.04 Å². The second kappa shape index (κ2) is 9.79. The molecule has 1 unspecified atom stereocenters. The number of aliphatic carboxylic acids is 1. The van der Waals surface area contributed by atoms with Crippen molar-refractivity contribution in [3.8, 4) is 0 Å². The van der Waals surface area contributed by atoms with Gasteiger partial charge < -0.3 is 20.3 Å². The van der Waals surface area contributed by atoms with Crippen LogP contribution in [0.5, 0.6) is 0 Å². The van der Waals surface area contributed by atoms with Crippen molar-refractivity contribution in [2.24, 2.45) is 0 Å². The van der Waals surface area contributed by atoms with Crippen molar-refractivity contribution in [1.82, 2.24) is 20.2 Å². The summed E-state index contributed by atoms with van der Waals surface area (Å²) < 4.78 is 1.98. The molecule has 7 heteroatoms. The van der Waals surface area contributed by atoms with Crippen LogP contribution >= 0.6 is 0 Å². The lowest BCUT2D eigenvalue weighted by Gasteiger charge is -2.14. The average molecular weight is 296 g/mol. The van der Waals surface area contributed by atoms with Crippen molar-refractivity contribution >= 4 is 12.0 Å². The van der Waals surface area contributed by atoms with Crippen LogP contribution < -0.4 is 10.6 Å². The standard InChI is InChI=1S/C14H24N4O3/c1-2-3-6-12(13(19)20)17-14(21)16-7-4-5-9-18-10-8-15-11-18/h8,10-12H,2-7,9H2,1H3,(H,19,20)(H2,16,17,21). The fraction of sp³-hybridized carbons (Fsp3) is 0.643. The van der Waals surface area contributed by atoms with Gasteiger partial charge in [-0.05, 0) is 19.3 Å². The molecule has 0 aliphatic heterocycles. The van der Waals surface area contributed by atoms with Gasteiger partial charge in [0.05, 0.1) is 6.33 Å². The molecule has 0 aliphatic carbocycles. The highest BCUT2D eigenvalue weighted by molar-refractivity contribution is 5.82. The van der Waals surface area contributed by atoms with E-state index in [4.69, 9.17) is 5.11 Å². The third-order valence-electron chi connectivity index (χ3n) is 3.14. The van der Waals surface area contributed by atoms with Crippen LogP contribution in [0.4, 0.5) is 4.79 Å². The fourth-order valence-corrected chi connectivity index (χ4v) is 1.92. The Morgan fingerprint density at radius 1 is 1.33 bits per heavy atom. The molecule has 0 radical (unpaired) electrons. The average Bonchev–Trinajstić information content (AvgIpc) is 2.96. The number of aryl methyl sites for hydroxylation is 1. The highest BCUT2D eigenvalue weighted by atomic mass is 16.4. The van der Waals surface area contributed by atoms with Crippen molar-refractivity contribution in [1.29, 1.82) is 0 Å². The van der Waals surface area contributed by atoms with Gasteiger partial charge in [0, 0.05) is 25.5 Å². The van der Waals surface area contributed by atoms with Gasteiger partial charge in [0.25, 0.3) is 0 Å². The molecule has 2 amide bonds. The summed E-state index contributed by atoms with van der Waals surface area (Å²) >= 11 is 0. The number of carbonyl (C=O) groups is 2. The SMILES string of the molecule is CCCCC(NC(=O)NCCCCn1ccnc1)C(=O)O. The normalized spacial score (nSPS) is 11.9. The van der Waals surface area contributed by atoms with Crippen molar-refractivity contribution in [2.75, 3.05) is 6.54 Å². The zero-order chi connectivity index (χ0) is 15.5. The van der Waals surface area contributed by atoms with E-state index in [1.165, 1.54) is 0 Å². The first-order valence-corrected chi connectivity index (χ1v) is 7.36. The van der Waals surface area contributed by atoms with E-state index in [1.54, 1.807) is 12.5 Å². The Kier molecular flexibility index (Phi) is 7.93. The van der Waals surface area contributed by atoms with Crippen LogP contribution in [0.2, 0.25) is 0 Å². The summed E-state index contributed by atoms with van der Waals surface area (Å²) in [5.41, 5.74) is 0. The third kappa shape index (κ3) is 7.34. The summed E-state index contributed by atoms with van der Waals surface area (Å²) in [6, 6.07) is -1.22. The number of carboxylic acids is 1. The van der Waals surface area contributed by atoms with Crippen LogP contribution in [0, 0.1) is 0 Å². The van der Waals surface area contributed by atoms with Gasteiger partial charge >= 0.3 is 12.0 Å². The molecule has 0 bridgehead atoms. The molecule has 1 aromatic heterocycles. The van der Waals surface area contributed by atoms with Gasteiger partial charge in [0.15, 0.2) is 0 Å². The first-order valence-electron chi connectivity index (χ1n) is 7.36. The number of urea groups is 1. The summed E-state index contributed by atoms with van der Waals surface area (Å²) in [4.78, 5) is 26.6. The quantitative estimate of drug-likeness (QED) is 0.571. The Morgan fingerprint density at radius 2 is 2.14 bits per heavy atom. The van der Waals surface area contributed by atoms with E-state index in [0.29, 0.717) is 13.0 Å². The molecular weight excluding hydrogens is 272 g/mol. The van der Waals surface area contributed by atoms with Gasteiger partial charge in [-0.3, -0.25) is 0 Å². The highest BCUT2D eigenvalue weighted by Crippen LogP contribution is 2.00. The summed E-state index contributed by atoms with van der Waals surface area (Å²) in [6.45, 7) is 3.37. The minimum absolute atomic E-state index is 0.416. The molecule has 1 rings (SSSR count). The first kappa shape index (κ1) is 17.0. The summed E-state index contributed by atoms with van der Waals surface area (Å²) in [5, 5.41) is 14.2. The molecule has 0 aliphatic rings. The second-order valence-electron chi connectivity index (χ2n) is 4.94. The van der Waals surface area contributed by atoms with E-state index in [9.17, 15) is 9.59 Å². The number of carboxylic acid groups (broad SMARTS) is 1. The molecule has 1 atom stereocenters. The molecule has 21 heavy (non-hydrogen) atoms. The number of carbonyl (C=O) groups excluding carboxylic acids is 1. The zero-order valence-electron chi connectivity index (χ0n) is 12.4. The summed E-state index contributed by atoms with van der Waals surface area (Å²) in [5.74, 6) is -0.987. The van der Waals surface area contributed by atoms with E-state index < -0.39 is 18.0 Å². The number of rotatable bonds is 10. The molecule has 0 spiro atoms. The molecular formula is C14H24N4O3. The molecule has 7 nitrogen and oxygen atoms in total. The molecule has 0 saturated carbocycles. The topological polar surface area (TPSA) is 96.3 Å². The molecule has 3 N–H and O–H groups in total. The van der Waals surface area contributed by atoms with Crippen LogP contribution in [0.1, 0.15) is 39.0 Å². The smallest absolute Gasteiger partial charge is 0.326 e. The lowest BCUT2D eigenvalue weighted by molar-refractivity contribution is -0.139. The number of nitrogens with one attached hydrogen (secondary N) is 2. The van der Waals surface area contributed by atoms with Gasteiger partial charge in [0.2, 0.25) is 0 Å². The van der Waals surface area contributed by atoms with E-state index >= 15 is 0 Å². The minimum Gasteiger partial charge on any atom is -0.480 e. The van der Waals surface area contributed by atoms with E-state index in [1.807, 2.05) is 17.7 Å². The zero-order valence-corrected chi connectivity index (χ0v) is 12.4. The lowest BCUT2D eigenvalue weighted by atomic mass is 10.1. The molecule has 0 saturated heterocycles. The monoisotopic (exact) mass is 296 g/mol. The van der Waals surface area contributed by atoms with Gasteiger partial charge in [-0.1, -0.05) is 19.8 Å².